The first kappa shape index (κ1) is 9.81. The molecule has 3 heteroatoms. The van der Waals surface area contributed by atoms with Crippen LogP contribution in [0.1, 0.15) is 12.5 Å². The lowest BCUT2D eigenvalue weighted by molar-refractivity contribution is -0.104. The lowest BCUT2D eigenvalue weighted by Crippen LogP contribution is -1.79. The highest BCUT2D eigenvalue weighted by molar-refractivity contribution is 6.30. The summed E-state index contributed by atoms with van der Waals surface area (Å²) in [6.07, 6.45) is 2.30. The van der Waals surface area contributed by atoms with E-state index in [9.17, 15) is 9.90 Å². The van der Waals surface area contributed by atoms with E-state index in [2.05, 4.69) is 0 Å². The van der Waals surface area contributed by atoms with Crippen LogP contribution in [0.25, 0.3) is 6.08 Å². The third-order valence-corrected chi connectivity index (χ3v) is 1.79. The van der Waals surface area contributed by atoms with Gasteiger partial charge in [0.2, 0.25) is 0 Å². The molecular formula is C10H9ClO2. The number of rotatable bonds is 2. The van der Waals surface area contributed by atoms with Crippen molar-refractivity contribution in [2.45, 2.75) is 6.92 Å². The molecule has 13 heavy (non-hydrogen) atoms. The molecule has 0 unspecified atom stereocenters. The Bertz CT molecular complexity index is 356. The number of carbonyl (C=O) groups excluding carboxylic acids is 1. The van der Waals surface area contributed by atoms with Crippen LogP contribution >= 0.6 is 11.6 Å². The number of hydrogen-bond acceptors (Lipinski definition) is 2. The Balaban J connectivity index is 3.13. The first-order chi connectivity index (χ1) is 6.13. The summed E-state index contributed by atoms with van der Waals surface area (Å²) < 4.78 is 0. The van der Waals surface area contributed by atoms with Gasteiger partial charge in [-0.05, 0) is 36.8 Å². The molecule has 0 aromatic heterocycles. The molecule has 0 aliphatic carbocycles. The van der Waals surface area contributed by atoms with Crippen LogP contribution in [0.15, 0.2) is 23.8 Å². The maximum absolute atomic E-state index is 10.3. The minimum Gasteiger partial charge on any atom is -0.507 e. The maximum Gasteiger partial charge on any atom is 0.145 e. The molecule has 0 bridgehead atoms. The Morgan fingerprint density at radius 1 is 1.54 bits per heavy atom. The van der Waals surface area contributed by atoms with Crippen molar-refractivity contribution in [2.24, 2.45) is 0 Å². The first-order valence-electron chi connectivity index (χ1n) is 3.75. The van der Waals surface area contributed by atoms with Gasteiger partial charge in [0.25, 0.3) is 0 Å². The Labute approximate surface area is 81.5 Å². The lowest BCUT2D eigenvalue weighted by Gasteiger charge is -1.99. The van der Waals surface area contributed by atoms with E-state index in [-0.39, 0.29) is 5.75 Å². The van der Waals surface area contributed by atoms with Crippen LogP contribution in [0, 0.1) is 0 Å². The van der Waals surface area contributed by atoms with Gasteiger partial charge in [0.1, 0.15) is 12.0 Å². The molecule has 68 valence electrons. The third-order valence-electron chi connectivity index (χ3n) is 1.56. The fraction of sp³-hybridized carbons (Fsp3) is 0.100. The van der Waals surface area contributed by atoms with Gasteiger partial charge in [0.05, 0.1) is 0 Å². The summed E-state index contributed by atoms with van der Waals surface area (Å²) in [5.74, 6) is 0.116. The van der Waals surface area contributed by atoms with Gasteiger partial charge >= 0.3 is 0 Å². The maximum atomic E-state index is 10.3. The van der Waals surface area contributed by atoms with Crippen LogP contribution in [0.4, 0.5) is 0 Å². The van der Waals surface area contributed by atoms with E-state index in [1.165, 1.54) is 6.07 Å². The number of carbonyl (C=O) groups is 1. The van der Waals surface area contributed by atoms with Crippen LogP contribution < -0.4 is 0 Å². The van der Waals surface area contributed by atoms with Gasteiger partial charge in [-0.3, -0.25) is 4.79 Å². The van der Waals surface area contributed by atoms with Gasteiger partial charge in [-0.25, -0.2) is 0 Å². The van der Waals surface area contributed by atoms with E-state index in [1.807, 2.05) is 0 Å². The molecule has 1 N–H and O–H groups in total. The van der Waals surface area contributed by atoms with E-state index < -0.39 is 0 Å². The van der Waals surface area contributed by atoms with Crippen LogP contribution in [0.3, 0.4) is 0 Å². The van der Waals surface area contributed by atoms with E-state index in [0.29, 0.717) is 16.2 Å². The number of phenolic OH excluding ortho intramolecular Hbond substituents is 1. The molecule has 0 amide bonds. The average molecular weight is 197 g/mol. The van der Waals surface area contributed by atoms with Crippen molar-refractivity contribution in [3.05, 3.63) is 34.4 Å². The summed E-state index contributed by atoms with van der Waals surface area (Å²) in [6, 6.07) is 4.68. The summed E-state index contributed by atoms with van der Waals surface area (Å²) in [4.78, 5) is 10.3. The predicted octanol–water partition coefficient (Wildman–Crippen LogP) is 2.65. The van der Waals surface area contributed by atoms with Gasteiger partial charge in [0.15, 0.2) is 0 Å². The van der Waals surface area contributed by atoms with Gasteiger partial charge in [-0.1, -0.05) is 11.6 Å². The topological polar surface area (TPSA) is 37.3 Å². The molecule has 0 heterocycles. The molecular weight excluding hydrogens is 188 g/mol. The van der Waals surface area contributed by atoms with E-state index in [4.69, 9.17) is 11.6 Å². The lowest BCUT2D eigenvalue weighted by atomic mass is 10.1. The number of hydrogen-bond donors (Lipinski definition) is 1. The summed E-state index contributed by atoms with van der Waals surface area (Å²) in [7, 11) is 0. The van der Waals surface area contributed by atoms with Crippen LogP contribution in [-0.4, -0.2) is 11.4 Å². The number of allylic oxidation sites excluding steroid dienone is 1. The van der Waals surface area contributed by atoms with Crippen molar-refractivity contribution in [2.75, 3.05) is 0 Å². The minimum absolute atomic E-state index is 0.116. The molecule has 0 fully saturated rings. The molecule has 0 spiro atoms. The Kier molecular flexibility index (Phi) is 3.09. The zero-order valence-electron chi connectivity index (χ0n) is 7.12. The molecule has 0 aliphatic rings. The molecule has 1 aromatic carbocycles. The van der Waals surface area contributed by atoms with Gasteiger partial charge in [-0.15, -0.1) is 0 Å². The summed E-state index contributed by atoms with van der Waals surface area (Å²) in [6.45, 7) is 1.66. The SMILES string of the molecule is C/C(C=O)=C/c1cc(Cl)ccc1O. The molecule has 1 rings (SSSR count). The second-order valence-corrected chi connectivity index (χ2v) is 3.15. The molecule has 0 saturated carbocycles. The number of halogens is 1. The zero-order chi connectivity index (χ0) is 9.84. The molecule has 0 aliphatic heterocycles. The van der Waals surface area contributed by atoms with Crippen molar-refractivity contribution in [1.82, 2.24) is 0 Å². The molecule has 0 atom stereocenters. The smallest absolute Gasteiger partial charge is 0.145 e. The predicted molar refractivity (Wildman–Crippen MR) is 52.8 cm³/mol. The number of benzene rings is 1. The number of aromatic hydroxyl groups is 1. The minimum atomic E-state index is 0.116. The van der Waals surface area contributed by atoms with Crippen molar-refractivity contribution in [3.8, 4) is 5.75 Å². The van der Waals surface area contributed by atoms with Gasteiger partial charge < -0.3 is 5.11 Å². The van der Waals surface area contributed by atoms with Crippen molar-refractivity contribution in [3.63, 3.8) is 0 Å². The Morgan fingerprint density at radius 3 is 2.85 bits per heavy atom. The fourth-order valence-corrected chi connectivity index (χ4v) is 1.10. The zero-order valence-corrected chi connectivity index (χ0v) is 7.88. The van der Waals surface area contributed by atoms with Crippen molar-refractivity contribution in [1.29, 1.82) is 0 Å². The standard InChI is InChI=1S/C10H9ClO2/c1-7(6-12)4-8-5-9(11)2-3-10(8)13/h2-6,13H,1H3/b7-4-. The average Bonchev–Trinajstić information content (AvgIpc) is 2.11. The normalized spacial score (nSPS) is 11.4. The molecule has 2 nitrogen and oxygen atoms in total. The Morgan fingerprint density at radius 2 is 2.23 bits per heavy atom. The van der Waals surface area contributed by atoms with Crippen LogP contribution in [0.5, 0.6) is 5.75 Å². The van der Waals surface area contributed by atoms with Gasteiger partial charge in [-0.2, -0.15) is 0 Å². The monoisotopic (exact) mass is 196 g/mol. The van der Waals surface area contributed by atoms with Crippen molar-refractivity contribution >= 4 is 24.0 Å². The Hall–Kier alpha value is -1.28. The molecule has 1 aromatic rings. The fourth-order valence-electron chi connectivity index (χ4n) is 0.920. The van der Waals surface area contributed by atoms with E-state index in [1.54, 1.807) is 25.1 Å². The third kappa shape index (κ3) is 2.60. The second-order valence-electron chi connectivity index (χ2n) is 2.71. The molecule has 0 saturated heterocycles. The summed E-state index contributed by atoms with van der Waals surface area (Å²) >= 11 is 5.71. The van der Waals surface area contributed by atoms with Gasteiger partial charge in [0, 0.05) is 10.6 Å². The number of phenols is 1. The van der Waals surface area contributed by atoms with Crippen molar-refractivity contribution < 1.29 is 9.90 Å². The molecule has 0 radical (unpaired) electrons. The van der Waals surface area contributed by atoms with Crippen LogP contribution in [0.2, 0.25) is 5.02 Å². The highest BCUT2D eigenvalue weighted by Gasteiger charge is 1.98. The quantitative estimate of drug-likeness (QED) is 0.583. The first-order valence-corrected chi connectivity index (χ1v) is 4.13. The van der Waals surface area contributed by atoms with Crippen LogP contribution in [-0.2, 0) is 4.79 Å². The van der Waals surface area contributed by atoms with E-state index in [0.717, 1.165) is 6.29 Å². The largest absolute Gasteiger partial charge is 0.507 e. The second kappa shape index (κ2) is 4.10. The van der Waals surface area contributed by atoms with E-state index >= 15 is 0 Å². The highest BCUT2D eigenvalue weighted by atomic mass is 35.5. The number of aldehydes is 1. The summed E-state index contributed by atoms with van der Waals surface area (Å²) in [5.41, 5.74) is 1.09. The highest BCUT2D eigenvalue weighted by Crippen LogP contribution is 2.23. The summed E-state index contributed by atoms with van der Waals surface area (Å²) in [5, 5.41) is 9.89.